The molecule has 1 aliphatic rings. The molecule has 1 aliphatic heterocycles. The first-order chi connectivity index (χ1) is 7.03. The summed E-state index contributed by atoms with van der Waals surface area (Å²) in [5, 5.41) is 3.47. The van der Waals surface area contributed by atoms with Crippen LogP contribution in [0.25, 0.3) is 0 Å². The number of nitrogens with one attached hydrogen (secondary N) is 1. The number of hydrogen-bond donors (Lipinski definition) is 1. The molecule has 0 amide bonds. The van der Waals surface area contributed by atoms with Gasteiger partial charge in [0.2, 0.25) is 0 Å². The van der Waals surface area contributed by atoms with Crippen LogP contribution in [0.1, 0.15) is 33.6 Å². The molecule has 0 aromatic carbocycles. The number of hydrogen-bond acceptors (Lipinski definition) is 3. The van der Waals surface area contributed by atoms with E-state index in [0.717, 1.165) is 37.5 Å². The van der Waals surface area contributed by atoms with Gasteiger partial charge in [-0.15, -0.1) is 0 Å². The van der Waals surface area contributed by atoms with Crippen LogP contribution < -0.4 is 5.32 Å². The normalized spacial score (nSPS) is 27.5. The molecule has 0 aliphatic carbocycles. The summed E-state index contributed by atoms with van der Waals surface area (Å²) < 4.78 is 16.9. The first-order valence-corrected chi connectivity index (χ1v) is 7.24. The SMILES string of the molecule is CCS(=O)CCNC1CCOC(C)(C)C1. The summed E-state index contributed by atoms with van der Waals surface area (Å²) in [7, 11) is -0.644. The Bertz CT molecular complexity index is 219. The van der Waals surface area contributed by atoms with Gasteiger partial charge in [0.1, 0.15) is 0 Å². The summed E-state index contributed by atoms with van der Waals surface area (Å²) >= 11 is 0. The lowest BCUT2D eigenvalue weighted by molar-refractivity contribution is -0.0625. The lowest BCUT2D eigenvalue weighted by Gasteiger charge is -2.35. The molecule has 0 aromatic rings. The monoisotopic (exact) mass is 233 g/mol. The highest BCUT2D eigenvalue weighted by Gasteiger charge is 2.28. The van der Waals surface area contributed by atoms with E-state index in [9.17, 15) is 4.21 Å². The first kappa shape index (κ1) is 13.1. The Labute approximate surface area is 95.4 Å². The number of ether oxygens (including phenoxy) is 1. The van der Waals surface area contributed by atoms with Gasteiger partial charge in [-0.2, -0.15) is 0 Å². The van der Waals surface area contributed by atoms with Gasteiger partial charge in [-0.25, -0.2) is 0 Å². The van der Waals surface area contributed by atoms with Crippen LogP contribution in [-0.4, -0.2) is 40.5 Å². The Morgan fingerprint density at radius 2 is 2.27 bits per heavy atom. The molecule has 0 radical (unpaired) electrons. The summed E-state index contributed by atoms with van der Waals surface area (Å²) in [5.41, 5.74) is -0.000174. The van der Waals surface area contributed by atoms with Crippen LogP contribution >= 0.6 is 0 Å². The van der Waals surface area contributed by atoms with Gasteiger partial charge in [-0.05, 0) is 26.7 Å². The van der Waals surface area contributed by atoms with Crippen LogP contribution in [0.4, 0.5) is 0 Å². The van der Waals surface area contributed by atoms with Crippen LogP contribution in [0.3, 0.4) is 0 Å². The maximum absolute atomic E-state index is 11.2. The van der Waals surface area contributed by atoms with Crippen molar-refractivity contribution in [2.75, 3.05) is 24.7 Å². The van der Waals surface area contributed by atoms with Crippen molar-refractivity contribution in [1.29, 1.82) is 0 Å². The smallest absolute Gasteiger partial charge is 0.0641 e. The van der Waals surface area contributed by atoms with Gasteiger partial charge in [-0.3, -0.25) is 4.21 Å². The van der Waals surface area contributed by atoms with Gasteiger partial charge < -0.3 is 10.1 Å². The molecule has 90 valence electrons. The molecule has 1 N–H and O–H groups in total. The maximum atomic E-state index is 11.2. The molecular weight excluding hydrogens is 210 g/mol. The van der Waals surface area contributed by atoms with Gasteiger partial charge in [0.25, 0.3) is 0 Å². The topological polar surface area (TPSA) is 38.3 Å². The molecule has 2 unspecified atom stereocenters. The van der Waals surface area contributed by atoms with Crippen molar-refractivity contribution >= 4 is 10.8 Å². The summed E-state index contributed by atoms with van der Waals surface area (Å²) in [5.74, 6) is 1.54. The van der Waals surface area contributed by atoms with Crippen molar-refractivity contribution in [2.45, 2.75) is 45.3 Å². The molecule has 0 aromatic heterocycles. The predicted octanol–water partition coefficient (Wildman–Crippen LogP) is 1.30. The summed E-state index contributed by atoms with van der Waals surface area (Å²) in [4.78, 5) is 0. The van der Waals surface area contributed by atoms with E-state index in [0.29, 0.717) is 6.04 Å². The largest absolute Gasteiger partial charge is 0.375 e. The third kappa shape index (κ3) is 5.09. The lowest BCUT2D eigenvalue weighted by atomic mass is 9.94. The van der Waals surface area contributed by atoms with E-state index in [1.54, 1.807) is 0 Å². The van der Waals surface area contributed by atoms with Gasteiger partial charge >= 0.3 is 0 Å². The average molecular weight is 233 g/mol. The fraction of sp³-hybridized carbons (Fsp3) is 1.00. The van der Waals surface area contributed by atoms with Gasteiger partial charge in [-0.1, -0.05) is 6.92 Å². The first-order valence-electron chi connectivity index (χ1n) is 5.76. The van der Waals surface area contributed by atoms with E-state index in [4.69, 9.17) is 4.74 Å². The highest BCUT2D eigenvalue weighted by molar-refractivity contribution is 7.84. The highest BCUT2D eigenvalue weighted by atomic mass is 32.2. The maximum Gasteiger partial charge on any atom is 0.0641 e. The third-order valence-corrected chi connectivity index (χ3v) is 4.09. The predicted molar refractivity (Wildman–Crippen MR) is 64.6 cm³/mol. The minimum atomic E-state index is -0.644. The zero-order valence-corrected chi connectivity index (χ0v) is 10.9. The standard InChI is InChI=1S/C11H23NO2S/c1-4-15(13)8-6-12-10-5-7-14-11(2,3)9-10/h10,12H,4-9H2,1-3H3. The fourth-order valence-corrected chi connectivity index (χ4v) is 2.56. The molecule has 3 nitrogen and oxygen atoms in total. The van der Waals surface area contributed by atoms with E-state index in [2.05, 4.69) is 19.2 Å². The van der Waals surface area contributed by atoms with Crippen molar-refractivity contribution in [2.24, 2.45) is 0 Å². The molecule has 1 heterocycles. The second-order valence-electron chi connectivity index (χ2n) is 4.68. The van der Waals surface area contributed by atoms with E-state index in [-0.39, 0.29) is 5.60 Å². The highest BCUT2D eigenvalue weighted by Crippen LogP contribution is 2.23. The Balaban J connectivity index is 2.18. The minimum absolute atomic E-state index is 0.000174. The van der Waals surface area contributed by atoms with E-state index in [1.165, 1.54) is 0 Å². The fourth-order valence-electron chi connectivity index (χ4n) is 1.93. The average Bonchev–Trinajstić information content (AvgIpc) is 2.16. The van der Waals surface area contributed by atoms with Crippen LogP contribution in [0.2, 0.25) is 0 Å². The quantitative estimate of drug-likeness (QED) is 0.778. The Kier molecular flexibility index (Phi) is 5.23. The molecule has 0 spiro atoms. The van der Waals surface area contributed by atoms with Crippen LogP contribution in [0.15, 0.2) is 0 Å². The molecule has 1 saturated heterocycles. The van der Waals surface area contributed by atoms with E-state index in [1.807, 2.05) is 6.92 Å². The second-order valence-corrected chi connectivity index (χ2v) is 6.55. The minimum Gasteiger partial charge on any atom is -0.375 e. The van der Waals surface area contributed by atoms with Gasteiger partial charge in [0.05, 0.1) is 5.60 Å². The summed E-state index contributed by atoms with van der Waals surface area (Å²) in [6.45, 7) is 7.92. The molecule has 15 heavy (non-hydrogen) atoms. The van der Waals surface area contributed by atoms with E-state index < -0.39 is 10.8 Å². The Morgan fingerprint density at radius 1 is 1.53 bits per heavy atom. The Hall–Kier alpha value is 0.0700. The molecule has 0 saturated carbocycles. The molecule has 4 heteroatoms. The zero-order chi connectivity index (χ0) is 11.3. The Morgan fingerprint density at radius 3 is 2.87 bits per heavy atom. The van der Waals surface area contributed by atoms with Gasteiger partial charge in [0, 0.05) is 41.5 Å². The molecule has 2 atom stereocenters. The van der Waals surface area contributed by atoms with Crippen molar-refractivity contribution in [3.8, 4) is 0 Å². The van der Waals surface area contributed by atoms with Crippen LogP contribution in [0.5, 0.6) is 0 Å². The molecule has 1 fully saturated rings. The van der Waals surface area contributed by atoms with Crippen LogP contribution in [-0.2, 0) is 15.5 Å². The molecule has 0 bridgehead atoms. The van der Waals surface area contributed by atoms with Crippen molar-refractivity contribution in [3.05, 3.63) is 0 Å². The van der Waals surface area contributed by atoms with Crippen molar-refractivity contribution in [1.82, 2.24) is 5.32 Å². The van der Waals surface area contributed by atoms with E-state index >= 15 is 0 Å². The summed E-state index contributed by atoms with van der Waals surface area (Å²) in [6.07, 6.45) is 2.12. The zero-order valence-electron chi connectivity index (χ0n) is 10.0. The lowest BCUT2D eigenvalue weighted by Crippen LogP contribution is -2.44. The van der Waals surface area contributed by atoms with Crippen molar-refractivity contribution in [3.63, 3.8) is 0 Å². The summed E-state index contributed by atoms with van der Waals surface area (Å²) in [6, 6.07) is 0.530. The number of rotatable bonds is 5. The van der Waals surface area contributed by atoms with Crippen LogP contribution in [0, 0.1) is 0 Å². The van der Waals surface area contributed by atoms with Crippen molar-refractivity contribution < 1.29 is 8.95 Å². The molecule has 1 rings (SSSR count). The second kappa shape index (κ2) is 5.97. The molecular formula is C11H23NO2S. The third-order valence-electron chi connectivity index (χ3n) is 2.78. The van der Waals surface area contributed by atoms with Gasteiger partial charge in [0.15, 0.2) is 0 Å².